The summed E-state index contributed by atoms with van der Waals surface area (Å²) in [5.74, 6) is 1.32. The van der Waals surface area contributed by atoms with Crippen molar-refractivity contribution in [1.29, 1.82) is 0 Å². The van der Waals surface area contributed by atoms with Gasteiger partial charge in [-0.15, -0.1) is 0 Å². The molecule has 0 unspecified atom stereocenters. The summed E-state index contributed by atoms with van der Waals surface area (Å²) in [6.07, 6.45) is 2.55. The van der Waals surface area contributed by atoms with Crippen LogP contribution in [0.4, 0.5) is 0 Å². The Morgan fingerprint density at radius 1 is 1.50 bits per heavy atom. The lowest BCUT2D eigenvalue weighted by Gasteiger charge is -2.31. The molecule has 3 N–H and O–H groups in total. The molecule has 14 heavy (non-hydrogen) atoms. The summed E-state index contributed by atoms with van der Waals surface area (Å²) in [5.41, 5.74) is 5.57. The van der Waals surface area contributed by atoms with Gasteiger partial charge in [-0.25, -0.2) is 0 Å². The summed E-state index contributed by atoms with van der Waals surface area (Å²) >= 11 is 0. The fourth-order valence-electron chi connectivity index (χ4n) is 1.83. The van der Waals surface area contributed by atoms with Crippen molar-refractivity contribution in [3.8, 4) is 0 Å². The second-order valence-corrected chi connectivity index (χ2v) is 3.87. The van der Waals surface area contributed by atoms with E-state index in [1.807, 2.05) is 0 Å². The van der Waals surface area contributed by atoms with Crippen molar-refractivity contribution in [3.05, 3.63) is 0 Å². The molecule has 0 spiro atoms. The average molecular weight is 198 g/mol. The van der Waals surface area contributed by atoms with Gasteiger partial charge in [0.25, 0.3) is 0 Å². The smallest absolute Gasteiger partial charge is 0.188 e. The van der Waals surface area contributed by atoms with Gasteiger partial charge >= 0.3 is 0 Å². The Morgan fingerprint density at radius 2 is 2.14 bits per heavy atom. The molecule has 4 heteroatoms. The van der Waals surface area contributed by atoms with Crippen LogP contribution in [0.3, 0.4) is 0 Å². The van der Waals surface area contributed by atoms with Crippen molar-refractivity contribution >= 4 is 5.96 Å². The molecular formula is C10H22N4. The number of rotatable bonds is 3. The maximum atomic E-state index is 5.57. The minimum absolute atomic E-state index is 0.558. The maximum Gasteiger partial charge on any atom is 0.188 e. The first-order valence-corrected chi connectivity index (χ1v) is 5.44. The first-order chi connectivity index (χ1) is 6.76. The van der Waals surface area contributed by atoms with Crippen molar-refractivity contribution < 1.29 is 0 Å². The first-order valence-electron chi connectivity index (χ1n) is 5.44. The molecule has 82 valence electrons. The standard InChI is InChI=1S/C10H22N4/c1-3-14-6-4-9(5-7-14)8-13-10(11)12-2/h9H,3-8H2,1-2H3,(H3,11,12,13). The number of nitrogens with zero attached hydrogens (tertiary/aromatic N) is 2. The summed E-state index contributed by atoms with van der Waals surface area (Å²) < 4.78 is 0. The van der Waals surface area contributed by atoms with Crippen LogP contribution in [-0.2, 0) is 0 Å². The lowest BCUT2D eigenvalue weighted by molar-refractivity contribution is 0.193. The zero-order chi connectivity index (χ0) is 10.4. The van der Waals surface area contributed by atoms with Gasteiger partial charge in [0.15, 0.2) is 5.96 Å². The Bertz CT molecular complexity index is 183. The monoisotopic (exact) mass is 198 g/mol. The molecule has 0 radical (unpaired) electrons. The largest absolute Gasteiger partial charge is 0.370 e. The van der Waals surface area contributed by atoms with E-state index in [-0.39, 0.29) is 0 Å². The quantitative estimate of drug-likeness (QED) is 0.505. The highest BCUT2D eigenvalue weighted by molar-refractivity contribution is 5.77. The second-order valence-electron chi connectivity index (χ2n) is 3.87. The van der Waals surface area contributed by atoms with Crippen LogP contribution in [0.15, 0.2) is 4.99 Å². The molecule has 1 heterocycles. The number of hydrogen-bond acceptors (Lipinski definition) is 2. The third kappa shape index (κ3) is 3.54. The van der Waals surface area contributed by atoms with Crippen LogP contribution in [0.2, 0.25) is 0 Å². The van der Waals surface area contributed by atoms with Crippen LogP contribution in [0.5, 0.6) is 0 Å². The van der Waals surface area contributed by atoms with Crippen molar-refractivity contribution in [1.82, 2.24) is 10.2 Å². The number of aliphatic imine (C=N–C) groups is 1. The van der Waals surface area contributed by atoms with Gasteiger partial charge in [-0.2, -0.15) is 0 Å². The molecule has 1 aliphatic heterocycles. The average Bonchev–Trinajstić information content (AvgIpc) is 2.26. The fourth-order valence-corrected chi connectivity index (χ4v) is 1.83. The fraction of sp³-hybridized carbons (Fsp3) is 0.900. The minimum atomic E-state index is 0.558. The van der Waals surface area contributed by atoms with Crippen LogP contribution in [0.1, 0.15) is 19.8 Å². The number of nitrogens with two attached hydrogens (primary N) is 1. The Morgan fingerprint density at radius 3 is 2.64 bits per heavy atom. The van der Waals surface area contributed by atoms with Crippen LogP contribution >= 0.6 is 0 Å². The lowest BCUT2D eigenvalue weighted by Crippen LogP contribution is -2.40. The van der Waals surface area contributed by atoms with Gasteiger partial charge in [-0.1, -0.05) is 6.92 Å². The number of nitrogens with one attached hydrogen (secondary N) is 1. The molecule has 0 saturated carbocycles. The Balaban J connectivity index is 2.16. The predicted octanol–water partition coefficient (Wildman–Crippen LogP) is 0.252. The first kappa shape index (κ1) is 11.3. The molecule has 0 aromatic heterocycles. The Hall–Kier alpha value is -0.770. The summed E-state index contributed by atoms with van der Waals surface area (Å²) in [6, 6.07) is 0. The van der Waals surface area contributed by atoms with E-state index in [0.29, 0.717) is 5.96 Å². The van der Waals surface area contributed by atoms with Crippen molar-refractivity contribution in [2.24, 2.45) is 16.6 Å². The molecule has 0 amide bonds. The number of piperidine rings is 1. The van der Waals surface area contributed by atoms with E-state index in [0.717, 1.165) is 12.5 Å². The van der Waals surface area contributed by atoms with Gasteiger partial charge in [-0.3, -0.25) is 4.99 Å². The molecule has 4 nitrogen and oxygen atoms in total. The molecular weight excluding hydrogens is 176 g/mol. The van der Waals surface area contributed by atoms with E-state index in [1.54, 1.807) is 7.05 Å². The molecule has 1 saturated heterocycles. The zero-order valence-corrected chi connectivity index (χ0v) is 9.29. The van der Waals surface area contributed by atoms with E-state index in [9.17, 15) is 0 Å². The van der Waals surface area contributed by atoms with Gasteiger partial charge < -0.3 is 16.0 Å². The van der Waals surface area contributed by atoms with Crippen LogP contribution in [-0.4, -0.2) is 44.1 Å². The molecule has 0 atom stereocenters. The molecule has 0 aromatic rings. The summed E-state index contributed by atoms with van der Waals surface area (Å²) in [4.78, 5) is 6.37. The number of hydrogen-bond donors (Lipinski definition) is 2. The van der Waals surface area contributed by atoms with Gasteiger partial charge in [0.2, 0.25) is 0 Å². The normalized spacial score (nSPS) is 21.1. The highest BCUT2D eigenvalue weighted by atomic mass is 15.1. The third-order valence-corrected chi connectivity index (χ3v) is 2.97. The Labute approximate surface area is 86.6 Å². The number of guanidine groups is 1. The second kappa shape index (κ2) is 5.86. The summed E-state index contributed by atoms with van der Waals surface area (Å²) in [5, 5.41) is 3.14. The van der Waals surface area contributed by atoms with Gasteiger partial charge in [0.05, 0.1) is 0 Å². The molecule has 1 fully saturated rings. The Kier molecular flexibility index (Phi) is 4.73. The SMILES string of the molecule is CCN1CCC(CNC(N)=NC)CC1. The number of likely N-dealkylation sites (tertiary alicyclic amines) is 1. The predicted molar refractivity (Wildman–Crippen MR) is 60.4 cm³/mol. The molecule has 1 rings (SSSR count). The van der Waals surface area contributed by atoms with E-state index < -0.39 is 0 Å². The topological polar surface area (TPSA) is 53.6 Å². The van der Waals surface area contributed by atoms with Crippen LogP contribution in [0.25, 0.3) is 0 Å². The van der Waals surface area contributed by atoms with Crippen molar-refractivity contribution in [2.45, 2.75) is 19.8 Å². The summed E-state index contributed by atoms with van der Waals surface area (Å²) in [6.45, 7) is 6.83. The van der Waals surface area contributed by atoms with E-state index in [2.05, 4.69) is 22.1 Å². The summed E-state index contributed by atoms with van der Waals surface area (Å²) in [7, 11) is 1.71. The van der Waals surface area contributed by atoms with Crippen LogP contribution < -0.4 is 11.1 Å². The zero-order valence-electron chi connectivity index (χ0n) is 9.29. The van der Waals surface area contributed by atoms with Gasteiger partial charge in [0, 0.05) is 13.6 Å². The molecule has 0 bridgehead atoms. The third-order valence-electron chi connectivity index (χ3n) is 2.97. The molecule has 0 aliphatic carbocycles. The minimum Gasteiger partial charge on any atom is -0.370 e. The van der Waals surface area contributed by atoms with Gasteiger partial charge in [-0.05, 0) is 38.4 Å². The maximum absolute atomic E-state index is 5.57. The highest BCUT2D eigenvalue weighted by Gasteiger charge is 2.17. The van der Waals surface area contributed by atoms with E-state index in [1.165, 1.54) is 32.5 Å². The van der Waals surface area contributed by atoms with Crippen molar-refractivity contribution in [3.63, 3.8) is 0 Å². The highest BCUT2D eigenvalue weighted by Crippen LogP contribution is 2.15. The van der Waals surface area contributed by atoms with Crippen LogP contribution in [0, 0.1) is 5.92 Å². The molecule has 1 aliphatic rings. The van der Waals surface area contributed by atoms with E-state index in [4.69, 9.17) is 5.73 Å². The molecule has 0 aromatic carbocycles. The van der Waals surface area contributed by atoms with Gasteiger partial charge in [0.1, 0.15) is 0 Å². The lowest BCUT2D eigenvalue weighted by atomic mass is 9.97. The van der Waals surface area contributed by atoms with Crippen molar-refractivity contribution in [2.75, 3.05) is 33.2 Å². The van der Waals surface area contributed by atoms with E-state index >= 15 is 0 Å².